The molecular formula is C20H25NO5S. The first-order chi connectivity index (χ1) is 13.0. The second kappa shape index (κ2) is 10.8. The Morgan fingerprint density at radius 1 is 1.07 bits per heavy atom. The monoisotopic (exact) mass is 391 g/mol. The molecule has 6 nitrogen and oxygen atoms in total. The van der Waals surface area contributed by atoms with E-state index in [0.717, 1.165) is 53.7 Å². The van der Waals surface area contributed by atoms with Gasteiger partial charge in [0.15, 0.2) is 0 Å². The number of ether oxygens (including phenoxy) is 2. The summed E-state index contributed by atoms with van der Waals surface area (Å²) in [6.45, 7) is 4.70. The summed E-state index contributed by atoms with van der Waals surface area (Å²) >= 11 is 0.828. The summed E-state index contributed by atoms with van der Waals surface area (Å²) in [5.74, 6) is -0.273. The van der Waals surface area contributed by atoms with Crippen molar-refractivity contribution in [3.8, 4) is 5.75 Å². The van der Waals surface area contributed by atoms with Gasteiger partial charge in [0.2, 0.25) is 0 Å². The molecule has 0 unspecified atom stereocenters. The zero-order chi connectivity index (χ0) is 19.6. The van der Waals surface area contributed by atoms with Gasteiger partial charge in [0, 0.05) is 0 Å². The highest BCUT2D eigenvalue weighted by atomic mass is 32.2. The summed E-state index contributed by atoms with van der Waals surface area (Å²) in [7, 11) is 0. The minimum Gasteiger partial charge on any atom is -0.494 e. The zero-order valence-corrected chi connectivity index (χ0v) is 16.5. The van der Waals surface area contributed by atoms with E-state index in [1.165, 1.54) is 0 Å². The number of nitrogens with zero attached hydrogens (tertiary/aromatic N) is 1. The summed E-state index contributed by atoms with van der Waals surface area (Å²) < 4.78 is 10.6. The van der Waals surface area contributed by atoms with Crippen LogP contribution >= 0.6 is 11.8 Å². The first kappa shape index (κ1) is 21.0. The number of hydrogen-bond acceptors (Lipinski definition) is 6. The quantitative estimate of drug-likeness (QED) is 0.337. The van der Waals surface area contributed by atoms with Crippen LogP contribution in [0.4, 0.5) is 4.79 Å². The van der Waals surface area contributed by atoms with E-state index in [1.807, 2.05) is 31.2 Å². The highest BCUT2D eigenvalue weighted by molar-refractivity contribution is 8.18. The van der Waals surface area contributed by atoms with E-state index in [-0.39, 0.29) is 6.54 Å². The van der Waals surface area contributed by atoms with Crippen LogP contribution in [0.1, 0.15) is 45.1 Å². The molecule has 0 saturated carbocycles. The standard InChI is InChI=1S/C20H25NO5S/c1-3-5-11-25-16-9-7-15(8-10-16)13-17-19(23)21(20(24)27-17)14-18(22)26-12-6-4-2/h7-10,13H,3-6,11-12,14H2,1-2H3/b17-13-. The molecular weight excluding hydrogens is 366 g/mol. The second-order valence-corrected chi connectivity index (χ2v) is 7.11. The molecule has 27 heavy (non-hydrogen) atoms. The van der Waals surface area contributed by atoms with Crippen LogP contribution in [-0.2, 0) is 14.3 Å². The van der Waals surface area contributed by atoms with Gasteiger partial charge in [-0.15, -0.1) is 0 Å². The molecule has 0 spiro atoms. The van der Waals surface area contributed by atoms with Crippen molar-refractivity contribution in [3.05, 3.63) is 34.7 Å². The Kier molecular flexibility index (Phi) is 8.39. The Hall–Kier alpha value is -2.28. The lowest BCUT2D eigenvalue weighted by Crippen LogP contribution is -2.34. The summed E-state index contributed by atoms with van der Waals surface area (Å²) in [6.07, 6.45) is 5.37. The van der Waals surface area contributed by atoms with Crippen LogP contribution in [0.15, 0.2) is 29.2 Å². The van der Waals surface area contributed by atoms with Crippen molar-refractivity contribution in [1.29, 1.82) is 0 Å². The first-order valence-electron chi connectivity index (χ1n) is 9.19. The predicted octanol–water partition coefficient (Wildman–Crippen LogP) is 4.25. The average molecular weight is 391 g/mol. The zero-order valence-electron chi connectivity index (χ0n) is 15.7. The van der Waals surface area contributed by atoms with Crippen molar-refractivity contribution in [2.45, 2.75) is 39.5 Å². The highest BCUT2D eigenvalue weighted by Crippen LogP contribution is 2.32. The normalized spacial score (nSPS) is 15.5. The van der Waals surface area contributed by atoms with Crippen molar-refractivity contribution in [2.24, 2.45) is 0 Å². The van der Waals surface area contributed by atoms with Crippen LogP contribution in [0.25, 0.3) is 6.08 Å². The lowest BCUT2D eigenvalue weighted by Gasteiger charge is -2.11. The molecule has 1 heterocycles. The van der Waals surface area contributed by atoms with E-state index in [2.05, 4.69) is 6.92 Å². The highest BCUT2D eigenvalue weighted by Gasteiger charge is 2.36. The van der Waals surface area contributed by atoms with E-state index in [4.69, 9.17) is 9.47 Å². The summed E-state index contributed by atoms with van der Waals surface area (Å²) in [5.41, 5.74) is 0.786. The molecule has 1 saturated heterocycles. The number of hydrogen-bond donors (Lipinski definition) is 0. The first-order valence-corrected chi connectivity index (χ1v) is 10.0. The minimum atomic E-state index is -0.569. The summed E-state index contributed by atoms with van der Waals surface area (Å²) in [6, 6.07) is 7.32. The Bertz CT molecular complexity index is 699. The smallest absolute Gasteiger partial charge is 0.326 e. The maximum absolute atomic E-state index is 12.4. The van der Waals surface area contributed by atoms with Gasteiger partial charge in [-0.2, -0.15) is 0 Å². The molecule has 1 aliphatic rings. The van der Waals surface area contributed by atoms with Crippen LogP contribution in [0, 0.1) is 0 Å². The van der Waals surface area contributed by atoms with Gasteiger partial charge >= 0.3 is 5.97 Å². The number of rotatable bonds is 10. The number of thioether (sulfide) groups is 1. The lowest BCUT2D eigenvalue weighted by molar-refractivity contribution is -0.146. The molecule has 1 aliphatic heterocycles. The Balaban J connectivity index is 1.95. The van der Waals surface area contributed by atoms with Crippen molar-refractivity contribution >= 4 is 35.0 Å². The third-order valence-electron chi connectivity index (χ3n) is 3.87. The van der Waals surface area contributed by atoms with E-state index in [0.29, 0.717) is 18.1 Å². The van der Waals surface area contributed by atoms with E-state index >= 15 is 0 Å². The van der Waals surface area contributed by atoms with Gasteiger partial charge in [0.1, 0.15) is 12.3 Å². The number of benzene rings is 1. The SMILES string of the molecule is CCCCOC(=O)CN1C(=O)S/C(=C\c2ccc(OCCCC)cc2)C1=O. The van der Waals surface area contributed by atoms with Crippen molar-refractivity contribution in [3.63, 3.8) is 0 Å². The molecule has 2 amide bonds. The molecule has 0 aromatic heterocycles. The molecule has 1 fully saturated rings. The average Bonchev–Trinajstić information content (AvgIpc) is 2.91. The fraction of sp³-hybridized carbons (Fsp3) is 0.450. The largest absolute Gasteiger partial charge is 0.494 e. The second-order valence-electron chi connectivity index (χ2n) is 6.11. The number of imide groups is 1. The lowest BCUT2D eigenvalue weighted by atomic mass is 10.2. The molecule has 1 aromatic rings. The van der Waals surface area contributed by atoms with E-state index in [1.54, 1.807) is 6.08 Å². The van der Waals surface area contributed by atoms with Crippen molar-refractivity contribution < 1.29 is 23.9 Å². The van der Waals surface area contributed by atoms with Gasteiger partial charge in [0.05, 0.1) is 18.1 Å². The summed E-state index contributed by atoms with van der Waals surface area (Å²) in [4.78, 5) is 37.4. The van der Waals surface area contributed by atoms with Crippen molar-refractivity contribution in [1.82, 2.24) is 4.90 Å². The predicted molar refractivity (Wildman–Crippen MR) is 105 cm³/mol. The van der Waals surface area contributed by atoms with E-state index in [9.17, 15) is 14.4 Å². The topological polar surface area (TPSA) is 72.9 Å². The number of unbranched alkanes of at least 4 members (excludes halogenated alkanes) is 2. The number of carbonyl (C=O) groups excluding carboxylic acids is 3. The molecule has 0 bridgehead atoms. The maximum atomic E-state index is 12.4. The maximum Gasteiger partial charge on any atom is 0.326 e. The molecule has 146 valence electrons. The minimum absolute atomic E-state index is 0.293. The Morgan fingerprint density at radius 3 is 2.41 bits per heavy atom. The van der Waals surface area contributed by atoms with Gasteiger partial charge in [-0.25, -0.2) is 0 Å². The van der Waals surface area contributed by atoms with Gasteiger partial charge in [-0.3, -0.25) is 19.3 Å². The van der Waals surface area contributed by atoms with Crippen LogP contribution < -0.4 is 4.74 Å². The fourth-order valence-electron chi connectivity index (χ4n) is 2.29. The van der Waals surface area contributed by atoms with Gasteiger partial charge in [0.25, 0.3) is 11.1 Å². The molecule has 0 radical (unpaired) electrons. The van der Waals surface area contributed by atoms with Gasteiger partial charge in [-0.1, -0.05) is 38.8 Å². The molecule has 0 aliphatic carbocycles. The molecule has 2 rings (SSSR count). The Labute approximate surface area is 163 Å². The summed E-state index contributed by atoms with van der Waals surface area (Å²) in [5, 5.41) is -0.460. The third-order valence-corrected chi connectivity index (χ3v) is 4.77. The van der Waals surface area contributed by atoms with Crippen LogP contribution in [0.2, 0.25) is 0 Å². The number of amides is 2. The van der Waals surface area contributed by atoms with Gasteiger partial charge < -0.3 is 9.47 Å². The molecule has 7 heteroatoms. The van der Waals surface area contributed by atoms with Crippen LogP contribution in [0.3, 0.4) is 0 Å². The van der Waals surface area contributed by atoms with Gasteiger partial charge in [-0.05, 0) is 48.4 Å². The Morgan fingerprint density at radius 2 is 1.74 bits per heavy atom. The number of carbonyl (C=O) groups is 3. The van der Waals surface area contributed by atoms with E-state index < -0.39 is 17.1 Å². The fourth-order valence-corrected chi connectivity index (χ4v) is 3.13. The molecule has 0 atom stereocenters. The van der Waals surface area contributed by atoms with Crippen molar-refractivity contribution in [2.75, 3.05) is 19.8 Å². The third kappa shape index (κ3) is 6.43. The molecule has 1 aromatic carbocycles. The number of esters is 1. The van der Waals surface area contributed by atoms with Crippen LogP contribution in [0.5, 0.6) is 5.75 Å². The van der Waals surface area contributed by atoms with Crippen LogP contribution in [-0.4, -0.2) is 41.8 Å². The molecule has 0 N–H and O–H groups in total.